The molecule has 1 atom stereocenters. The summed E-state index contributed by atoms with van der Waals surface area (Å²) >= 11 is 0. The zero-order valence-electron chi connectivity index (χ0n) is 15.1. The number of hydrogen-bond acceptors (Lipinski definition) is 6. The molecule has 8 heteroatoms. The first-order valence-corrected chi connectivity index (χ1v) is 10.3. The first-order chi connectivity index (χ1) is 10.8. The predicted molar refractivity (Wildman–Crippen MR) is 90.0 cm³/mol. The summed E-state index contributed by atoms with van der Waals surface area (Å²) < 4.78 is 22.6. The van der Waals surface area contributed by atoms with Gasteiger partial charge >= 0.3 is 14.9 Å². The van der Waals surface area contributed by atoms with Crippen LogP contribution in [0.1, 0.15) is 47.5 Å². The summed E-state index contributed by atoms with van der Waals surface area (Å²) in [6, 6.07) is 0.596. The summed E-state index contributed by atoms with van der Waals surface area (Å²) in [7, 11) is -2.74. The fourth-order valence-electron chi connectivity index (χ4n) is 2.56. The molecule has 0 aromatic rings. The lowest BCUT2D eigenvalue weighted by atomic mass is 9.86. The van der Waals surface area contributed by atoms with Gasteiger partial charge < -0.3 is 28.9 Å². The fourth-order valence-corrected chi connectivity index (χ4v) is 5.17. The monoisotopic (exact) mass is 351 g/mol. The molecule has 0 heterocycles. The Hall–Kier alpha value is -0.673. The first-order valence-electron chi connectivity index (χ1n) is 8.32. The molecular weight excluding hydrogens is 318 g/mol. The van der Waals surface area contributed by atoms with Crippen LogP contribution in [0.3, 0.4) is 0 Å². The molecule has 1 amide bonds. The maximum atomic E-state index is 11.2. The molecular formula is C15H33NO6Si. The third-order valence-corrected chi connectivity index (χ3v) is 6.95. The van der Waals surface area contributed by atoms with E-state index in [1.54, 1.807) is 0 Å². The number of carbonyl (C=O) groups excluding carboxylic acids is 1. The van der Waals surface area contributed by atoms with Gasteiger partial charge in [-0.2, -0.15) is 0 Å². The second kappa shape index (κ2) is 11.0. The van der Waals surface area contributed by atoms with Gasteiger partial charge in [-0.1, -0.05) is 13.8 Å². The summed E-state index contributed by atoms with van der Waals surface area (Å²) in [5.74, 6) is -0.0673. The van der Waals surface area contributed by atoms with Gasteiger partial charge in [0, 0.05) is 25.9 Å². The van der Waals surface area contributed by atoms with Crippen molar-refractivity contribution in [3.05, 3.63) is 0 Å². The van der Waals surface area contributed by atoms with Crippen molar-refractivity contribution in [1.82, 2.24) is 0 Å². The van der Waals surface area contributed by atoms with Crippen LogP contribution >= 0.6 is 0 Å². The van der Waals surface area contributed by atoms with E-state index in [9.17, 15) is 9.90 Å². The Kier molecular flexibility index (Phi) is 10.7. The van der Waals surface area contributed by atoms with E-state index in [4.69, 9.17) is 23.7 Å². The molecule has 3 N–H and O–H groups in total. The largest absolute Gasteiger partial charge is 0.500 e. The highest BCUT2D eigenvalue weighted by Gasteiger charge is 2.42. The van der Waals surface area contributed by atoms with Gasteiger partial charge in [-0.05, 0) is 39.5 Å². The van der Waals surface area contributed by atoms with Gasteiger partial charge in [0.15, 0.2) is 0 Å². The van der Waals surface area contributed by atoms with Crippen molar-refractivity contribution in [3.8, 4) is 0 Å². The zero-order chi connectivity index (χ0) is 17.9. The average Bonchev–Trinajstić information content (AvgIpc) is 2.46. The van der Waals surface area contributed by atoms with E-state index in [-0.39, 0.29) is 12.5 Å². The summed E-state index contributed by atoms with van der Waals surface area (Å²) in [4.78, 5) is 11.2. The van der Waals surface area contributed by atoms with Crippen LogP contribution in [0.25, 0.3) is 0 Å². The maximum Gasteiger partial charge on any atom is 0.500 e. The molecule has 0 saturated carbocycles. The minimum atomic E-state index is -2.74. The molecule has 0 aliphatic carbocycles. The van der Waals surface area contributed by atoms with Crippen LogP contribution in [0.15, 0.2) is 0 Å². The smallest absolute Gasteiger partial charge is 0.440 e. The highest BCUT2D eigenvalue weighted by atomic mass is 28.4. The van der Waals surface area contributed by atoms with Crippen LogP contribution in [0.5, 0.6) is 0 Å². The van der Waals surface area contributed by atoms with Gasteiger partial charge in [0.25, 0.3) is 0 Å². The second-order valence-electron chi connectivity index (χ2n) is 5.63. The molecule has 1 unspecified atom stereocenters. The van der Waals surface area contributed by atoms with E-state index in [0.717, 1.165) is 0 Å². The highest BCUT2D eigenvalue weighted by molar-refractivity contribution is 6.60. The quantitative estimate of drug-likeness (QED) is 0.494. The van der Waals surface area contributed by atoms with Gasteiger partial charge in [0.2, 0.25) is 0 Å². The number of aliphatic hydroxyl groups excluding tert-OH is 1. The number of ether oxygens (including phenoxy) is 1. The highest BCUT2D eigenvalue weighted by Crippen LogP contribution is 2.30. The Morgan fingerprint density at radius 1 is 1.13 bits per heavy atom. The molecule has 23 heavy (non-hydrogen) atoms. The SMILES string of the molecule is CCO[Si](CCCC(CO)(OC(N)=O)C(C)C)(OCC)OCC. The Labute approximate surface area is 140 Å². The van der Waals surface area contributed by atoms with Gasteiger partial charge in [-0.25, -0.2) is 4.79 Å². The molecule has 0 saturated heterocycles. The van der Waals surface area contributed by atoms with Crippen LogP contribution in [-0.4, -0.2) is 52.0 Å². The van der Waals surface area contributed by atoms with E-state index in [1.807, 2.05) is 34.6 Å². The third-order valence-electron chi connectivity index (χ3n) is 3.80. The number of rotatable bonds is 13. The van der Waals surface area contributed by atoms with Crippen LogP contribution in [0.4, 0.5) is 4.79 Å². The van der Waals surface area contributed by atoms with E-state index < -0.39 is 20.5 Å². The van der Waals surface area contributed by atoms with Crippen LogP contribution in [-0.2, 0) is 18.0 Å². The van der Waals surface area contributed by atoms with Gasteiger partial charge in [0.05, 0.1) is 6.61 Å². The molecule has 0 aliphatic rings. The normalized spacial score (nSPS) is 14.7. The predicted octanol–water partition coefficient (Wildman–Crippen LogP) is 2.30. The van der Waals surface area contributed by atoms with Crippen LogP contribution < -0.4 is 5.73 Å². The number of primary amides is 1. The average molecular weight is 352 g/mol. The molecule has 7 nitrogen and oxygen atoms in total. The number of nitrogens with two attached hydrogens (primary N) is 1. The van der Waals surface area contributed by atoms with E-state index in [2.05, 4.69) is 0 Å². The van der Waals surface area contributed by atoms with E-state index >= 15 is 0 Å². The Morgan fingerprint density at radius 3 is 1.91 bits per heavy atom. The van der Waals surface area contributed by atoms with Crippen molar-refractivity contribution >= 4 is 14.9 Å². The fraction of sp³-hybridized carbons (Fsp3) is 0.933. The van der Waals surface area contributed by atoms with Crippen molar-refractivity contribution in [2.75, 3.05) is 26.4 Å². The molecule has 0 aromatic heterocycles. The molecule has 0 aliphatic heterocycles. The van der Waals surface area contributed by atoms with Gasteiger partial charge in [0.1, 0.15) is 5.60 Å². The lowest BCUT2D eigenvalue weighted by molar-refractivity contribution is -0.0653. The lowest BCUT2D eigenvalue weighted by Crippen LogP contribution is -2.48. The minimum Gasteiger partial charge on any atom is -0.440 e. The van der Waals surface area contributed by atoms with Crippen LogP contribution in [0, 0.1) is 5.92 Å². The molecule has 0 spiro atoms. The summed E-state index contributed by atoms with van der Waals surface area (Å²) in [6.45, 7) is 10.7. The summed E-state index contributed by atoms with van der Waals surface area (Å²) in [5, 5.41) is 9.72. The van der Waals surface area contributed by atoms with Crippen molar-refractivity contribution in [2.45, 2.75) is 59.1 Å². The Morgan fingerprint density at radius 2 is 1.61 bits per heavy atom. The molecule has 138 valence electrons. The number of carbonyl (C=O) groups is 1. The number of aliphatic hydroxyl groups is 1. The maximum absolute atomic E-state index is 11.2. The van der Waals surface area contributed by atoms with E-state index in [1.165, 1.54) is 0 Å². The van der Waals surface area contributed by atoms with Crippen molar-refractivity contribution in [1.29, 1.82) is 0 Å². The van der Waals surface area contributed by atoms with Crippen molar-refractivity contribution < 1.29 is 27.9 Å². The Balaban J connectivity index is 4.95. The molecule has 0 fully saturated rings. The third kappa shape index (κ3) is 7.17. The minimum absolute atomic E-state index is 0.0673. The second-order valence-corrected chi connectivity index (χ2v) is 8.37. The molecule has 0 rings (SSSR count). The number of amides is 1. The zero-order valence-corrected chi connectivity index (χ0v) is 16.1. The Bertz CT molecular complexity index is 325. The van der Waals surface area contributed by atoms with Gasteiger partial charge in [-0.15, -0.1) is 0 Å². The van der Waals surface area contributed by atoms with E-state index in [0.29, 0.717) is 38.7 Å². The standard InChI is InChI=1S/C15H33NO6Si/c1-6-19-23(20-7-2,21-8-3)11-9-10-15(12-17,13(4)5)22-14(16)18/h13,17H,6-12H2,1-5H3,(H2,16,18). The molecule has 0 radical (unpaired) electrons. The van der Waals surface area contributed by atoms with Crippen molar-refractivity contribution in [3.63, 3.8) is 0 Å². The molecule has 0 aromatic carbocycles. The van der Waals surface area contributed by atoms with Gasteiger partial charge in [-0.3, -0.25) is 0 Å². The number of hydrogen-bond donors (Lipinski definition) is 2. The topological polar surface area (TPSA) is 100 Å². The summed E-state index contributed by atoms with van der Waals surface area (Å²) in [5.41, 5.74) is 4.17. The first kappa shape index (κ1) is 22.3. The van der Waals surface area contributed by atoms with Crippen LogP contribution in [0.2, 0.25) is 6.04 Å². The summed E-state index contributed by atoms with van der Waals surface area (Å²) in [6.07, 6.45) is 0.223. The molecule has 0 bridgehead atoms. The lowest BCUT2D eigenvalue weighted by Gasteiger charge is -2.36. The van der Waals surface area contributed by atoms with Crippen molar-refractivity contribution in [2.24, 2.45) is 11.7 Å².